The number of esters is 1. The summed E-state index contributed by atoms with van der Waals surface area (Å²) in [6, 6.07) is 2.94. The molecule has 1 aromatic rings. The third kappa shape index (κ3) is 5.83. The van der Waals surface area contributed by atoms with E-state index in [2.05, 4.69) is 34.6 Å². The van der Waals surface area contributed by atoms with Crippen LogP contribution in [0, 0.1) is 72.5 Å². The SMILES string of the molecule is CC(C)CCC[C@@H](C)[C@H]1CC[C@H]2[C@H]3CC[C@@H]4C[C@H](O)CC(OC(=O)c5cc([N+](=O)[O-])cc([N+](=O)[O-])c5)[C@]4(C)[C@H]3CC[C@]12C. The average Bonchev–Trinajstić information content (AvgIpc) is 3.30. The highest BCUT2D eigenvalue weighted by atomic mass is 16.6. The van der Waals surface area contributed by atoms with E-state index in [-0.39, 0.29) is 16.9 Å². The minimum atomic E-state index is -0.801. The van der Waals surface area contributed by atoms with Crippen LogP contribution < -0.4 is 0 Å². The molecule has 10 atom stereocenters. The van der Waals surface area contributed by atoms with Gasteiger partial charge in [-0.25, -0.2) is 4.79 Å². The van der Waals surface area contributed by atoms with E-state index < -0.39 is 39.4 Å². The van der Waals surface area contributed by atoms with Crippen LogP contribution in [0.5, 0.6) is 0 Å². The van der Waals surface area contributed by atoms with E-state index in [0.717, 1.165) is 55.2 Å². The second kappa shape index (κ2) is 12.1. The van der Waals surface area contributed by atoms with Gasteiger partial charge in [0.2, 0.25) is 0 Å². The first-order valence-electron chi connectivity index (χ1n) is 16.6. The summed E-state index contributed by atoms with van der Waals surface area (Å²) in [6.45, 7) is 11.9. The zero-order valence-electron chi connectivity index (χ0n) is 26.5. The van der Waals surface area contributed by atoms with Crippen LogP contribution in [-0.2, 0) is 4.74 Å². The quantitative estimate of drug-likeness (QED) is 0.172. The van der Waals surface area contributed by atoms with Gasteiger partial charge in [0, 0.05) is 24.0 Å². The van der Waals surface area contributed by atoms with Gasteiger partial charge in [0.1, 0.15) is 6.10 Å². The van der Waals surface area contributed by atoms with Crippen LogP contribution in [-0.4, -0.2) is 33.1 Å². The highest BCUT2D eigenvalue weighted by Gasteiger charge is 2.63. The maximum atomic E-state index is 13.5. The van der Waals surface area contributed by atoms with Crippen molar-refractivity contribution in [3.05, 3.63) is 44.0 Å². The number of nitro benzene ring substituents is 2. The minimum Gasteiger partial charge on any atom is -0.458 e. The number of rotatable bonds is 9. The highest BCUT2D eigenvalue weighted by molar-refractivity contribution is 5.91. The third-order valence-corrected chi connectivity index (χ3v) is 12.7. The summed E-state index contributed by atoms with van der Waals surface area (Å²) in [5.41, 5.74) is -1.24. The number of carbonyl (C=O) groups is 1. The van der Waals surface area contributed by atoms with Gasteiger partial charge in [0.05, 0.1) is 27.6 Å². The monoisotopic (exact) mass is 598 g/mol. The number of carbonyl (C=O) groups excluding carboxylic acids is 1. The molecule has 1 aromatic carbocycles. The first-order chi connectivity index (χ1) is 20.2. The van der Waals surface area contributed by atoms with E-state index in [1.165, 1.54) is 38.5 Å². The fourth-order valence-corrected chi connectivity index (χ4v) is 10.6. The van der Waals surface area contributed by atoms with Crippen LogP contribution in [0.25, 0.3) is 0 Å². The van der Waals surface area contributed by atoms with Gasteiger partial charge in [0.25, 0.3) is 11.4 Å². The van der Waals surface area contributed by atoms with E-state index in [4.69, 9.17) is 4.74 Å². The van der Waals surface area contributed by atoms with E-state index in [0.29, 0.717) is 36.0 Å². The molecule has 0 spiro atoms. The lowest BCUT2D eigenvalue weighted by Gasteiger charge is -2.62. The Hall–Kier alpha value is -2.55. The summed E-state index contributed by atoms with van der Waals surface area (Å²) < 4.78 is 6.15. The highest BCUT2D eigenvalue weighted by Crippen LogP contribution is 2.68. The van der Waals surface area contributed by atoms with E-state index in [1.54, 1.807) is 0 Å². The van der Waals surface area contributed by atoms with Crippen molar-refractivity contribution in [1.29, 1.82) is 0 Å². The van der Waals surface area contributed by atoms with Crippen LogP contribution in [0.2, 0.25) is 0 Å². The number of non-ortho nitro benzene ring substituents is 2. The lowest BCUT2D eigenvalue weighted by molar-refractivity contribution is -0.394. The van der Waals surface area contributed by atoms with Crippen molar-refractivity contribution < 1.29 is 24.5 Å². The maximum Gasteiger partial charge on any atom is 0.338 e. The molecule has 1 unspecified atom stereocenters. The van der Waals surface area contributed by atoms with Crippen molar-refractivity contribution in [2.24, 2.45) is 52.3 Å². The van der Waals surface area contributed by atoms with Crippen LogP contribution in [0.4, 0.5) is 11.4 Å². The Morgan fingerprint density at radius 2 is 1.63 bits per heavy atom. The Balaban J connectivity index is 1.38. The topological polar surface area (TPSA) is 133 Å². The predicted molar refractivity (Wildman–Crippen MR) is 163 cm³/mol. The Labute approximate surface area is 255 Å². The van der Waals surface area contributed by atoms with Gasteiger partial charge in [-0.3, -0.25) is 20.2 Å². The minimum absolute atomic E-state index is 0.199. The lowest BCUT2D eigenvalue weighted by Crippen LogP contribution is -2.60. The van der Waals surface area contributed by atoms with Gasteiger partial charge < -0.3 is 9.84 Å². The molecule has 9 heteroatoms. The maximum absolute atomic E-state index is 13.5. The molecule has 0 heterocycles. The second-order valence-electron chi connectivity index (χ2n) is 15.3. The predicted octanol–water partition coefficient (Wildman–Crippen LogP) is 8.12. The summed E-state index contributed by atoms with van der Waals surface area (Å²) in [6.07, 6.45) is 10.7. The normalized spacial score (nSPS) is 37.6. The summed E-state index contributed by atoms with van der Waals surface area (Å²) in [7, 11) is 0. The Morgan fingerprint density at radius 3 is 2.26 bits per heavy atom. The fraction of sp³-hybridized carbons (Fsp3) is 0.794. The standard InChI is InChI=1S/C34H50N2O7/c1-20(2)7-6-8-21(3)28-11-12-29-27-10-9-23-17-26(37)19-31(34(23,5)30(27)13-14-33(28,29)4)43-32(38)22-15-24(35(39)40)18-25(16-22)36(41)42/h15-16,18,20-21,23,26-31,37H,6-14,17,19H2,1-5H3/t21-,23-,26+,27-,28-,29+,30+,31?,33-,34+/m1/s1. The number of nitro groups is 2. The number of nitrogens with zero attached hydrogens (tertiary/aromatic N) is 2. The Morgan fingerprint density at radius 1 is 0.953 bits per heavy atom. The molecule has 9 nitrogen and oxygen atoms in total. The number of ether oxygens (including phenoxy) is 1. The number of hydrogen-bond acceptors (Lipinski definition) is 7. The van der Waals surface area contributed by atoms with Gasteiger partial charge in [-0.15, -0.1) is 0 Å². The largest absolute Gasteiger partial charge is 0.458 e. The molecule has 4 saturated carbocycles. The van der Waals surface area contributed by atoms with Crippen molar-refractivity contribution in [3.63, 3.8) is 0 Å². The third-order valence-electron chi connectivity index (χ3n) is 12.7. The van der Waals surface area contributed by atoms with Gasteiger partial charge >= 0.3 is 5.97 Å². The molecule has 0 saturated heterocycles. The van der Waals surface area contributed by atoms with E-state index in [1.807, 2.05) is 0 Å². The second-order valence-corrected chi connectivity index (χ2v) is 15.3. The molecule has 0 radical (unpaired) electrons. The molecule has 0 aromatic heterocycles. The molecule has 238 valence electrons. The first kappa shape index (κ1) is 31.9. The lowest BCUT2D eigenvalue weighted by atomic mass is 9.43. The molecule has 4 aliphatic rings. The Kier molecular flexibility index (Phi) is 8.96. The molecule has 0 aliphatic heterocycles. The molecule has 5 rings (SSSR count). The zero-order valence-corrected chi connectivity index (χ0v) is 26.5. The molecule has 4 fully saturated rings. The van der Waals surface area contributed by atoms with Gasteiger partial charge in [0.15, 0.2) is 0 Å². The summed E-state index contributed by atoms with van der Waals surface area (Å²) >= 11 is 0. The van der Waals surface area contributed by atoms with Crippen molar-refractivity contribution >= 4 is 17.3 Å². The number of benzene rings is 1. The summed E-state index contributed by atoms with van der Waals surface area (Å²) in [4.78, 5) is 34.9. The Bertz CT molecular complexity index is 1200. The molecule has 4 aliphatic carbocycles. The molecule has 1 N–H and O–H groups in total. The van der Waals surface area contributed by atoms with E-state index >= 15 is 0 Å². The van der Waals surface area contributed by atoms with Gasteiger partial charge in [-0.05, 0) is 91.8 Å². The van der Waals surface area contributed by atoms with Crippen molar-refractivity contribution in [2.45, 2.75) is 117 Å². The summed E-state index contributed by atoms with van der Waals surface area (Å²) in [5.74, 6) is 3.17. The van der Waals surface area contributed by atoms with Gasteiger partial charge in [-0.1, -0.05) is 53.9 Å². The number of fused-ring (bicyclic) bond motifs is 5. The molecule has 0 amide bonds. The van der Waals surface area contributed by atoms with Crippen LogP contribution >= 0.6 is 0 Å². The van der Waals surface area contributed by atoms with Crippen molar-refractivity contribution in [3.8, 4) is 0 Å². The number of hydrogen-bond donors (Lipinski definition) is 1. The first-order valence-corrected chi connectivity index (χ1v) is 16.6. The molecular formula is C34H50N2O7. The average molecular weight is 599 g/mol. The van der Waals surface area contributed by atoms with Crippen LogP contribution in [0.1, 0.15) is 116 Å². The van der Waals surface area contributed by atoms with Crippen LogP contribution in [0.15, 0.2) is 18.2 Å². The molecular weight excluding hydrogens is 548 g/mol. The number of aliphatic hydroxyl groups excluding tert-OH is 1. The zero-order chi connectivity index (χ0) is 31.3. The summed E-state index contributed by atoms with van der Waals surface area (Å²) in [5, 5.41) is 33.7. The number of aliphatic hydroxyl groups is 1. The van der Waals surface area contributed by atoms with Crippen LogP contribution in [0.3, 0.4) is 0 Å². The van der Waals surface area contributed by atoms with Crippen molar-refractivity contribution in [1.82, 2.24) is 0 Å². The smallest absolute Gasteiger partial charge is 0.338 e. The molecule has 43 heavy (non-hydrogen) atoms. The molecule has 0 bridgehead atoms. The van der Waals surface area contributed by atoms with Gasteiger partial charge in [-0.2, -0.15) is 0 Å². The van der Waals surface area contributed by atoms with E-state index in [9.17, 15) is 30.1 Å². The fourth-order valence-electron chi connectivity index (χ4n) is 10.6. The van der Waals surface area contributed by atoms with Crippen molar-refractivity contribution in [2.75, 3.05) is 0 Å².